The Morgan fingerprint density at radius 2 is 1.73 bits per heavy atom. The second-order valence-corrected chi connectivity index (χ2v) is 10.1. The van der Waals surface area contributed by atoms with E-state index in [1.54, 1.807) is 23.0 Å². The van der Waals surface area contributed by atoms with Crippen molar-refractivity contribution >= 4 is 33.3 Å². The Bertz CT molecular complexity index is 1530. The highest BCUT2D eigenvalue weighted by molar-refractivity contribution is 7.98. The molecule has 33 heavy (non-hydrogen) atoms. The molecule has 0 saturated carbocycles. The molecule has 0 radical (unpaired) electrons. The fourth-order valence-electron chi connectivity index (χ4n) is 3.76. The molecule has 0 saturated heterocycles. The lowest BCUT2D eigenvalue weighted by Crippen LogP contribution is -2.37. The van der Waals surface area contributed by atoms with E-state index in [2.05, 4.69) is 6.92 Å². The lowest BCUT2D eigenvalue weighted by atomic mass is 10.1. The normalized spacial score (nSPS) is 11.4. The fraction of sp³-hybridized carbons (Fsp3) is 0.333. The molecule has 0 unspecified atom stereocenters. The summed E-state index contributed by atoms with van der Waals surface area (Å²) in [6, 6.07) is 9.55. The quantitative estimate of drug-likeness (QED) is 0.311. The van der Waals surface area contributed by atoms with Gasteiger partial charge in [-0.15, -0.1) is 11.3 Å². The number of benzene rings is 1. The molecular formula is C24H26N4O3S2. The second-order valence-electron chi connectivity index (χ2n) is 8.12. The molecule has 0 amide bonds. The predicted octanol–water partition coefficient (Wildman–Crippen LogP) is 3.38. The molecule has 3 aromatic heterocycles. The van der Waals surface area contributed by atoms with Crippen molar-refractivity contribution in [3.8, 4) is 0 Å². The van der Waals surface area contributed by atoms with E-state index >= 15 is 0 Å². The monoisotopic (exact) mass is 482 g/mol. The van der Waals surface area contributed by atoms with Gasteiger partial charge in [-0.1, -0.05) is 48.5 Å². The number of aryl methyl sites for hydroxylation is 3. The molecule has 0 aliphatic carbocycles. The average Bonchev–Trinajstić information content (AvgIpc) is 3.12. The number of fused-ring (bicyclic) bond motifs is 1. The zero-order valence-electron chi connectivity index (χ0n) is 19.3. The van der Waals surface area contributed by atoms with Gasteiger partial charge in [0.2, 0.25) is 0 Å². The van der Waals surface area contributed by atoms with Crippen LogP contribution in [0.2, 0.25) is 0 Å². The third-order valence-corrected chi connectivity index (χ3v) is 8.21. The number of thiophene rings is 1. The van der Waals surface area contributed by atoms with Crippen molar-refractivity contribution in [1.82, 2.24) is 18.7 Å². The number of rotatable bonds is 6. The summed E-state index contributed by atoms with van der Waals surface area (Å²) in [5.74, 6) is 0.346. The minimum atomic E-state index is -0.375. The predicted molar refractivity (Wildman–Crippen MR) is 135 cm³/mol. The zero-order valence-corrected chi connectivity index (χ0v) is 21.0. The fourth-order valence-corrected chi connectivity index (χ4v) is 5.94. The first kappa shape index (κ1) is 23.3. The lowest BCUT2D eigenvalue weighted by molar-refractivity contribution is 0.653. The topological polar surface area (TPSA) is 78.9 Å². The first-order valence-electron chi connectivity index (χ1n) is 10.7. The maximum Gasteiger partial charge on any atom is 0.330 e. The van der Waals surface area contributed by atoms with Gasteiger partial charge in [-0.05, 0) is 31.4 Å². The summed E-state index contributed by atoms with van der Waals surface area (Å²) in [6.07, 6.45) is 0.849. The van der Waals surface area contributed by atoms with Crippen LogP contribution in [-0.2, 0) is 32.8 Å². The van der Waals surface area contributed by atoms with Crippen LogP contribution >= 0.6 is 23.1 Å². The molecule has 0 aliphatic heterocycles. The van der Waals surface area contributed by atoms with Gasteiger partial charge in [0, 0.05) is 36.5 Å². The average molecular weight is 483 g/mol. The van der Waals surface area contributed by atoms with Crippen LogP contribution in [-0.4, -0.2) is 18.7 Å². The van der Waals surface area contributed by atoms with Gasteiger partial charge < -0.3 is 0 Å². The second kappa shape index (κ2) is 9.15. The molecule has 4 aromatic rings. The van der Waals surface area contributed by atoms with E-state index < -0.39 is 0 Å². The Kier molecular flexibility index (Phi) is 6.45. The number of hydrogen-bond donors (Lipinski definition) is 0. The van der Waals surface area contributed by atoms with Gasteiger partial charge in [0.25, 0.3) is 11.1 Å². The van der Waals surface area contributed by atoms with Crippen LogP contribution in [0.25, 0.3) is 10.2 Å². The van der Waals surface area contributed by atoms with Crippen molar-refractivity contribution in [2.75, 3.05) is 0 Å². The van der Waals surface area contributed by atoms with E-state index in [0.717, 1.165) is 37.4 Å². The molecule has 172 valence electrons. The summed E-state index contributed by atoms with van der Waals surface area (Å²) in [5.41, 5.74) is 2.96. The summed E-state index contributed by atoms with van der Waals surface area (Å²) in [5, 5.41) is 1.25. The molecule has 3 heterocycles. The molecular weight excluding hydrogens is 456 g/mol. The third kappa shape index (κ3) is 4.35. The van der Waals surface area contributed by atoms with Gasteiger partial charge in [-0.25, -0.2) is 9.78 Å². The van der Waals surface area contributed by atoms with E-state index in [4.69, 9.17) is 4.98 Å². The van der Waals surface area contributed by atoms with Gasteiger partial charge in [0.05, 0.1) is 11.9 Å². The highest BCUT2D eigenvalue weighted by atomic mass is 32.2. The Balaban J connectivity index is 1.82. The van der Waals surface area contributed by atoms with Crippen molar-refractivity contribution in [3.63, 3.8) is 0 Å². The van der Waals surface area contributed by atoms with Crippen molar-refractivity contribution in [2.45, 2.75) is 44.6 Å². The largest absolute Gasteiger partial charge is 0.330 e. The molecule has 4 rings (SSSR count). The molecule has 1 aromatic carbocycles. The highest BCUT2D eigenvalue weighted by Gasteiger charge is 2.18. The molecule has 0 atom stereocenters. The molecule has 0 fully saturated rings. The van der Waals surface area contributed by atoms with Gasteiger partial charge >= 0.3 is 5.69 Å². The van der Waals surface area contributed by atoms with Gasteiger partial charge in [-0.3, -0.25) is 23.3 Å². The van der Waals surface area contributed by atoms with Crippen LogP contribution in [0, 0.1) is 13.8 Å². The summed E-state index contributed by atoms with van der Waals surface area (Å²) < 4.78 is 4.24. The maximum absolute atomic E-state index is 13.6. The first-order valence-corrected chi connectivity index (χ1v) is 12.5. The number of aromatic nitrogens is 4. The van der Waals surface area contributed by atoms with E-state index in [1.165, 1.54) is 29.4 Å². The summed E-state index contributed by atoms with van der Waals surface area (Å²) in [4.78, 5) is 44.8. The van der Waals surface area contributed by atoms with Gasteiger partial charge in [0.15, 0.2) is 5.16 Å². The standard InChI is InChI=1S/C24H26N4O3S2/c1-6-18-15(3)20-21(33-18)25-23(28(22(20)30)12-16-9-7-14(2)8-10-16)32-13-17-11-19(29)27(5)24(31)26(17)4/h7-11H,6,12-13H2,1-5H3. The van der Waals surface area contributed by atoms with Crippen LogP contribution in [0.3, 0.4) is 0 Å². The van der Waals surface area contributed by atoms with Crippen LogP contribution < -0.4 is 16.8 Å². The summed E-state index contributed by atoms with van der Waals surface area (Å²) >= 11 is 2.92. The Hall–Kier alpha value is -2.91. The molecule has 0 N–H and O–H groups in total. The van der Waals surface area contributed by atoms with E-state index in [-0.39, 0.29) is 16.8 Å². The molecule has 7 nitrogen and oxygen atoms in total. The Morgan fingerprint density at radius 1 is 1.03 bits per heavy atom. The van der Waals surface area contributed by atoms with Crippen LogP contribution in [0.4, 0.5) is 0 Å². The Labute approximate surface area is 199 Å². The van der Waals surface area contributed by atoms with Crippen molar-refractivity contribution in [3.05, 3.63) is 88.8 Å². The zero-order chi connectivity index (χ0) is 23.9. The van der Waals surface area contributed by atoms with E-state index in [9.17, 15) is 14.4 Å². The van der Waals surface area contributed by atoms with Gasteiger partial charge in [-0.2, -0.15) is 0 Å². The third-order valence-electron chi connectivity index (χ3n) is 5.87. The minimum Gasteiger partial charge on any atom is -0.300 e. The minimum absolute atomic E-state index is 0.0608. The maximum atomic E-state index is 13.6. The Morgan fingerprint density at radius 3 is 2.39 bits per heavy atom. The highest BCUT2D eigenvalue weighted by Crippen LogP contribution is 2.30. The molecule has 0 bridgehead atoms. The van der Waals surface area contributed by atoms with Crippen LogP contribution in [0.5, 0.6) is 0 Å². The molecule has 0 aliphatic rings. The smallest absolute Gasteiger partial charge is 0.300 e. The van der Waals surface area contributed by atoms with Crippen molar-refractivity contribution < 1.29 is 0 Å². The van der Waals surface area contributed by atoms with Gasteiger partial charge in [0.1, 0.15) is 4.83 Å². The molecule has 0 spiro atoms. The SMILES string of the molecule is CCc1sc2nc(SCc3cc(=O)n(C)c(=O)n3C)n(Cc3ccc(C)cc3)c(=O)c2c1C. The summed E-state index contributed by atoms with van der Waals surface area (Å²) in [7, 11) is 3.10. The van der Waals surface area contributed by atoms with Crippen LogP contribution in [0.1, 0.15) is 34.2 Å². The van der Waals surface area contributed by atoms with E-state index in [0.29, 0.717) is 28.5 Å². The number of thioether (sulfide) groups is 1. The van der Waals surface area contributed by atoms with E-state index in [1.807, 2.05) is 38.1 Å². The van der Waals surface area contributed by atoms with Crippen molar-refractivity contribution in [2.24, 2.45) is 14.1 Å². The number of hydrogen-bond acceptors (Lipinski definition) is 6. The molecule has 9 heteroatoms. The summed E-state index contributed by atoms with van der Waals surface area (Å²) in [6.45, 7) is 6.49. The van der Waals surface area contributed by atoms with Crippen LogP contribution in [0.15, 0.2) is 49.9 Å². The first-order chi connectivity index (χ1) is 15.7. The van der Waals surface area contributed by atoms with Crippen molar-refractivity contribution in [1.29, 1.82) is 0 Å². The lowest BCUT2D eigenvalue weighted by Gasteiger charge is -2.14. The number of nitrogens with zero attached hydrogens (tertiary/aromatic N) is 4.